The number of pyridine rings is 1. The summed E-state index contributed by atoms with van der Waals surface area (Å²) in [7, 11) is 6.13. The lowest BCUT2D eigenvalue weighted by molar-refractivity contribution is 0.171. The summed E-state index contributed by atoms with van der Waals surface area (Å²) in [5.41, 5.74) is 5.65. The fourth-order valence-electron chi connectivity index (χ4n) is 5.86. The molecule has 2 atom stereocenters. The molecule has 5 aromatic rings. The fourth-order valence-corrected chi connectivity index (χ4v) is 5.86. The summed E-state index contributed by atoms with van der Waals surface area (Å²) >= 11 is 0. The molecule has 3 aromatic heterocycles. The van der Waals surface area contributed by atoms with Crippen LogP contribution in [0.15, 0.2) is 72.9 Å². The Morgan fingerprint density at radius 3 is 2.43 bits per heavy atom. The maximum Gasteiger partial charge on any atom is 0.320 e. The molecule has 0 saturated heterocycles. The Hall–Kier alpha value is -4.90. The number of carbonyl (C=O) groups excluding carboxylic acids is 1. The number of carbonyl (C=O) groups is 1. The molecule has 246 valence electrons. The number of ether oxygens (including phenoxy) is 1. The predicted molar refractivity (Wildman–Crippen MR) is 186 cm³/mol. The molecule has 0 aliphatic heterocycles. The minimum Gasteiger partial charge on any atom is -0.484 e. The summed E-state index contributed by atoms with van der Waals surface area (Å²) in [5.74, 6) is 2.13. The van der Waals surface area contributed by atoms with E-state index in [4.69, 9.17) is 9.84 Å². The summed E-state index contributed by atoms with van der Waals surface area (Å²) in [6.45, 7) is 10.1. The van der Waals surface area contributed by atoms with Gasteiger partial charge in [-0.2, -0.15) is 5.10 Å². The number of hydrogen-bond donors (Lipinski definition) is 2. The molecule has 0 bridgehead atoms. The first kappa shape index (κ1) is 32.1. The molecular formula is C36H45N9O2. The van der Waals surface area contributed by atoms with Gasteiger partial charge in [-0.25, -0.2) is 9.48 Å². The molecule has 0 spiro atoms. The number of amides is 2. The van der Waals surface area contributed by atoms with Crippen molar-refractivity contribution in [3.63, 3.8) is 0 Å². The Balaban J connectivity index is 1.18. The molecule has 2 aromatic carbocycles. The zero-order valence-corrected chi connectivity index (χ0v) is 28.4. The molecule has 0 fully saturated rings. The van der Waals surface area contributed by atoms with Gasteiger partial charge in [0.05, 0.1) is 23.6 Å². The van der Waals surface area contributed by atoms with Crippen LogP contribution in [0.2, 0.25) is 0 Å². The van der Waals surface area contributed by atoms with E-state index in [1.54, 1.807) is 4.68 Å². The number of fused-ring (bicyclic) bond motifs is 2. The van der Waals surface area contributed by atoms with E-state index in [-0.39, 0.29) is 23.6 Å². The van der Waals surface area contributed by atoms with Gasteiger partial charge in [0.15, 0.2) is 5.65 Å². The smallest absolute Gasteiger partial charge is 0.320 e. The van der Waals surface area contributed by atoms with E-state index in [0.717, 1.165) is 71.3 Å². The molecule has 2 N–H and O–H groups in total. The van der Waals surface area contributed by atoms with Crippen LogP contribution in [0, 0.1) is 6.92 Å². The highest BCUT2D eigenvalue weighted by Crippen LogP contribution is 2.39. The van der Waals surface area contributed by atoms with Gasteiger partial charge in [0.1, 0.15) is 17.7 Å². The van der Waals surface area contributed by atoms with Gasteiger partial charge in [-0.3, -0.25) is 9.72 Å². The molecular weight excluding hydrogens is 590 g/mol. The molecule has 1 aliphatic carbocycles. The van der Waals surface area contributed by atoms with Crippen LogP contribution in [0.25, 0.3) is 11.3 Å². The summed E-state index contributed by atoms with van der Waals surface area (Å²) in [6, 6.07) is 21.7. The second kappa shape index (κ2) is 13.1. The standard InChI is InChI=1S/C36H45N9O2/c1-24-12-14-25(15-13-24)45-33(22-31(41-45)36(2,3)4)38-34(46)37-29-17-18-30(28-11-9-8-10-27(28)29)47-26-16-19-32-39-40-35(44(32)23-26)43(7)21-20-42(5)6/h8-16,19,22-23,29-30H,17-18,20-21H2,1-7H3,(H2,37,38,46)/t29-,30+/m0/s1. The summed E-state index contributed by atoms with van der Waals surface area (Å²) in [5, 5.41) is 19.9. The number of urea groups is 1. The lowest BCUT2D eigenvalue weighted by atomic mass is 9.85. The number of rotatable bonds is 9. The second-order valence-electron chi connectivity index (χ2n) is 13.7. The third-order valence-corrected chi connectivity index (χ3v) is 8.60. The van der Waals surface area contributed by atoms with Gasteiger partial charge in [-0.15, -0.1) is 10.2 Å². The van der Waals surface area contributed by atoms with Crippen molar-refractivity contribution in [3.05, 3.63) is 95.3 Å². The van der Waals surface area contributed by atoms with Gasteiger partial charge in [-0.1, -0.05) is 62.7 Å². The van der Waals surface area contributed by atoms with E-state index >= 15 is 0 Å². The molecule has 47 heavy (non-hydrogen) atoms. The maximum absolute atomic E-state index is 13.5. The Morgan fingerprint density at radius 1 is 0.957 bits per heavy atom. The number of anilines is 2. The molecule has 0 radical (unpaired) electrons. The highest BCUT2D eigenvalue weighted by atomic mass is 16.5. The normalized spacial score (nSPS) is 16.3. The first-order valence-corrected chi connectivity index (χ1v) is 16.2. The van der Waals surface area contributed by atoms with Gasteiger partial charge in [0.2, 0.25) is 5.95 Å². The van der Waals surface area contributed by atoms with Crippen LogP contribution in [0.4, 0.5) is 16.6 Å². The van der Waals surface area contributed by atoms with Crippen molar-refractivity contribution in [2.75, 3.05) is 44.4 Å². The molecule has 2 amide bonds. The van der Waals surface area contributed by atoms with E-state index in [9.17, 15) is 4.79 Å². The largest absolute Gasteiger partial charge is 0.484 e. The molecule has 0 saturated carbocycles. The van der Waals surface area contributed by atoms with E-state index in [1.165, 1.54) is 0 Å². The van der Waals surface area contributed by atoms with Crippen molar-refractivity contribution in [1.29, 1.82) is 0 Å². The Morgan fingerprint density at radius 2 is 1.70 bits per heavy atom. The van der Waals surface area contributed by atoms with Gasteiger partial charge in [0, 0.05) is 31.6 Å². The number of hydrogen-bond acceptors (Lipinski definition) is 7. The third-order valence-electron chi connectivity index (χ3n) is 8.60. The molecule has 6 rings (SSSR count). The van der Waals surface area contributed by atoms with Crippen LogP contribution in [0.3, 0.4) is 0 Å². The average molecular weight is 636 g/mol. The fraction of sp³-hybridized carbons (Fsp3) is 0.389. The van der Waals surface area contributed by atoms with Crippen molar-refractivity contribution in [2.24, 2.45) is 0 Å². The topological polar surface area (TPSA) is 105 Å². The predicted octanol–water partition coefficient (Wildman–Crippen LogP) is 6.30. The SMILES string of the molecule is Cc1ccc(-n2nc(C(C)(C)C)cc2NC(=O)N[C@H]2CC[C@@H](Oc3ccc4nnc(N(C)CCN(C)C)n4c3)c3ccccc32)cc1. The summed E-state index contributed by atoms with van der Waals surface area (Å²) in [4.78, 5) is 17.8. The van der Waals surface area contributed by atoms with Crippen LogP contribution < -0.4 is 20.3 Å². The number of benzene rings is 2. The van der Waals surface area contributed by atoms with Gasteiger partial charge in [0.25, 0.3) is 0 Å². The Bertz CT molecular complexity index is 1850. The van der Waals surface area contributed by atoms with Crippen LogP contribution in [0.1, 0.15) is 68.1 Å². The number of nitrogens with zero attached hydrogens (tertiary/aromatic N) is 7. The molecule has 0 unspecified atom stereocenters. The highest BCUT2D eigenvalue weighted by Gasteiger charge is 2.30. The maximum atomic E-state index is 13.5. The van der Waals surface area contributed by atoms with Gasteiger partial charge in [-0.05, 0) is 69.3 Å². The van der Waals surface area contributed by atoms with Crippen LogP contribution in [0.5, 0.6) is 5.75 Å². The van der Waals surface area contributed by atoms with E-state index < -0.39 is 0 Å². The zero-order chi connectivity index (χ0) is 33.3. The zero-order valence-electron chi connectivity index (χ0n) is 28.4. The van der Waals surface area contributed by atoms with Gasteiger partial charge < -0.3 is 19.9 Å². The average Bonchev–Trinajstić information content (AvgIpc) is 3.66. The number of likely N-dealkylation sites (N-methyl/N-ethyl adjacent to an activating group) is 2. The molecule has 3 heterocycles. The minimum atomic E-state index is -0.276. The monoisotopic (exact) mass is 635 g/mol. The van der Waals surface area contributed by atoms with E-state index in [2.05, 4.69) is 84.6 Å². The third kappa shape index (κ3) is 7.10. The Kier molecular flexibility index (Phi) is 8.92. The van der Waals surface area contributed by atoms with Crippen molar-refractivity contribution >= 4 is 23.4 Å². The summed E-state index contributed by atoms with van der Waals surface area (Å²) in [6.07, 6.45) is 3.27. The summed E-state index contributed by atoms with van der Waals surface area (Å²) < 4.78 is 10.4. The molecule has 11 heteroatoms. The molecule has 1 aliphatic rings. The number of aromatic nitrogens is 5. The second-order valence-corrected chi connectivity index (χ2v) is 13.7. The van der Waals surface area contributed by atoms with Crippen molar-refractivity contribution in [1.82, 2.24) is 34.6 Å². The quantitative estimate of drug-likeness (QED) is 0.196. The first-order chi connectivity index (χ1) is 22.5. The van der Waals surface area contributed by atoms with Crippen LogP contribution >= 0.6 is 0 Å². The minimum absolute atomic E-state index is 0.159. The van der Waals surface area contributed by atoms with Crippen molar-refractivity contribution in [3.8, 4) is 11.4 Å². The van der Waals surface area contributed by atoms with Crippen molar-refractivity contribution in [2.45, 2.75) is 58.1 Å². The van der Waals surface area contributed by atoms with Crippen LogP contribution in [-0.2, 0) is 5.41 Å². The highest BCUT2D eigenvalue weighted by molar-refractivity contribution is 5.89. The Labute approximate surface area is 276 Å². The number of nitrogens with one attached hydrogen (secondary N) is 2. The van der Waals surface area contributed by atoms with Crippen LogP contribution in [-0.4, -0.2) is 69.5 Å². The lowest BCUT2D eigenvalue weighted by Gasteiger charge is -2.32. The van der Waals surface area contributed by atoms with E-state index in [0.29, 0.717) is 5.82 Å². The van der Waals surface area contributed by atoms with Gasteiger partial charge >= 0.3 is 6.03 Å². The van der Waals surface area contributed by atoms with E-state index in [1.807, 2.05) is 72.2 Å². The van der Waals surface area contributed by atoms with Crippen molar-refractivity contribution < 1.29 is 9.53 Å². The lowest BCUT2D eigenvalue weighted by Crippen LogP contribution is -2.36. The number of aryl methyl sites for hydroxylation is 1. The molecule has 11 nitrogen and oxygen atoms in total. The first-order valence-electron chi connectivity index (χ1n) is 16.2.